The zero-order valence-corrected chi connectivity index (χ0v) is 17.5. The molecule has 30 heavy (non-hydrogen) atoms. The lowest BCUT2D eigenvalue weighted by Gasteiger charge is -2.25. The topological polar surface area (TPSA) is 83.0 Å². The summed E-state index contributed by atoms with van der Waals surface area (Å²) in [5.41, 5.74) is 1.06. The molecular formula is C23H27N3O4. The third-order valence-corrected chi connectivity index (χ3v) is 4.95. The van der Waals surface area contributed by atoms with Gasteiger partial charge in [0.25, 0.3) is 11.7 Å². The molecule has 1 aromatic heterocycles. The molecule has 1 atom stereocenters. The van der Waals surface area contributed by atoms with Gasteiger partial charge in [-0.05, 0) is 70.4 Å². The van der Waals surface area contributed by atoms with E-state index in [2.05, 4.69) is 4.98 Å². The van der Waals surface area contributed by atoms with Crippen LogP contribution in [0.5, 0.6) is 5.75 Å². The van der Waals surface area contributed by atoms with Crippen LogP contribution in [-0.4, -0.2) is 65.4 Å². The number of aliphatic hydroxyl groups excluding tert-OH is 1. The molecule has 1 aliphatic rings. The number of hydrogen-bond donors (Lipinski definition) is 1. The van der Waals surface area contributed by atoms with E-state index in [1.54, 1.807) is 48.7 Å². The number of ether oxygens (including phenoxy) is 1. The van der Waals surface area contributed by atoms with Crippen LogP contribution in [0.2, 0.25) is 0 Å². The van der Waals surface area contributed by atoms with Gasteiger partial charge in [-0.15, -0.1) is 0 Å². The number of nitrogens with zero attached hydrogens (tertiary/aromatic N) is 3. The van der Waals surface area contributed by atoms with Gasteiger partial charge in [0, 0.05) is 18.3 Å². The highest BCUT2D eigenvalue weighted by Crippen LogP contribution is 2.38. The number of carbonyl (C=O) groups is 2. The number of rotatable bonds is 8. The van der Waals surface area contributed by atoms with Crippen LogP contribution in [0.4, 0.5) is 0 Å². The van der Waals surface area contributed by atoms with Crippen LogP contribution in [0, 0.1) is 0 Å². The molecule has 2 heterocycles. The van der Waals surface area contributed by atoms with E-state index in [0.717, 1.165) is 6.54 Å². The number of benzene rings is 1. The maximum absolute atomic E-state index is 12.9. The van der Waals surface area contributed by atoms with Gasteiger partial charge in [-0.25, -0.2) is 0 Å². The highest BCUT2D eigenvalue weighted by atomic mass is 16.5. The van der Waals surface area contributed by atoms with Crippen LogP contribution in [0.3, 0.4) is 0 Å². The fourth-order valence-electron chi connectivity index (χ4n) is 3.54. The fourth-order valence-corrected chi connectivity index (χ4v) is 3.54. The summed E-state index contributed by atoms with van der Waals surface area (Å²) in [6.07, 6.45) is 2.32. The number of pyridine rings is 1. The second kappa shape index (κ2) is 9.54. The van der Waals surface area contributed by atoms with Gasteiger partial charge >= 0.3 is 0 Å². The van der Waals surface area contributed by atoms with Gasteiger partial charge in [0.2, 0.25) is 0 Å². The summed E-state index contributed by atoms with van der Waals surface area (Å²) in [4.78, 5) is 33.6. The summed E-state index contributed by atoms with van der Waals surface area (Å²) in [6, 6.07) is 11.4. The molecule has 1 amide bonds. The molecule has 1 aliphatic heterocycles. The summed E-state index contributed by atoms with van der Waals surface area (Å²) in [6.45, 7) is 3.59. The minimum Gasteiger partial charge on any atom is -0.507 e. The van der Waals surface area contributed by atoms with Crippen LogP contribution in [0.1, 0.15) is 30.6 Å². The number of aliphatic hydroxyl groups is 1. The van der Waals surface area contributed by atoms with Gasteiger partial charge in [-0.3, -0.25) is 14.6 Å². The summed E-state index contributed by atoms with van der Waals surface area (Å²) in [5, 5.41) is 11.0. The zero-order valence-electron chi connectivity index (χ0n) is 17.5. The predicted octanol–water partition coefficient (Wildman–Crippen LogP) is 2.85. The summed E-state index contributed by atoms with van der Waals surface area (Å²) >= 11 is 0. The van der Waals surface area contributed by atoms with Crippen molar-refractivity contribution in [2.24, 2.45) is 0 Å². The highest BCUT2D eigenvalue weighted by molar-refractivity contribution is 6.46. The molecule has 0 aliphatic carbocycles. The van der Waals surface area contributed by atoms with E-state index in [-0.39, 0.29) is 11.3 Å². The Kier molecular flexibility index (Phi) is 6.84. The van der Waals surface area contributed by atoms with Crippen molar-refractivity contribution >= 4 is 17.4 Å². The van der Waals surface area contributed by atoms with Gasteiger partial charge in [-0.1, -0.05) is 6.07 Å². The van der Waals surface area contributed by atoms with Crippen LogP contribution in [-0.2, 0) is 9.59 Å². The second-order valence-electron chi connectivity index (χ2n) is 7.36. The molecule has 1 fully saturated rings. The molecule has 2 aromatic rings. The number of ketones is 1. The number of Topliss-reactive ketones (excluding diaryl/α,β-unsaturated/α-hetero) is 1. The van der Waals surface area contributed by atoms with E-state index < -0.39 is 17.7 Å². The molecule has 158 valence electrons. The Bertz CT molecular complexity index is 923. The normalized spacial score (nSPS) is 18.3. The van der Waals surface area contributed by atoms with E-state index in [9.17, 15) is 14.7 Å². The van der Waals surface area contributed by atoms with E-state index in [1.165, 1.54) is 4.90 Å². The minimum atomic E-state index is -0.722. The highest BCUT2D eigenvalue weighted by Gasteiger charge is 2.46. The first kappa shape index (κ1) is 21.5. The first-order valence-electron chi connectivity index (χ1n) is 10.0. The van der Waals surface area contributed by atoms with E-state index >= 15 is 0 Å². The van der Waals surface area contributed by atoms with Crippen molar-refractivity contribution in [2.45, 2.75) is 19.4 Å². The summed E-state index contributed by atoms with van der Waals surface area (Å²) in [5.74, 6) is -0.847. The van der Waals surface area contributed by atoms with Gasteiger partial charge in [0.15, 0.2) is 0 Å². The summed E-state index contributed by atoms with van der Waals surface area (Å²) in [7, 11) is 3.91. The van der Waals surface area contributed by atoms with Crippen molar-refractivity contribution in [3.05, 3.63) is 65.5 Å². The molecule has 0 unspecified atom stereocenters. The Morgan fingerprint density at radius 2 is 1.90 bits per heavy atom. The lowest BCUT2D eigenvalue weighted by Crippen LogP contribution is -2.32. The second-order valence-corrected chi connectivity index (χ2v) is 7.36. The Hall–Kier alpha value is -3.19. The van der Waals surface area contributed by atoms with E-state index in [0.29, 0.717) is 36.6 Å². The SMILES string of the molecule is CCOc1ccc(C(O)=C2C(=O)C(=O)N(CCCN(C)C)[C@@H]2c2ccccn2)cc1. The number of hydrogen-bond acceptors (Lipinski definition) is 6. The Morgan fingerprint density at radius 1 is 1.17 bits per heavy atom. The monoisotopic (exact) mass is 409 g/mol. The van der Waals surface area contributed by atoms with Gasteiger partial charge < -0.3 is 19.6 Å². The van der Waals surface area contributed by atoms with Gasteiger partial charge in [0.05, 0.1) is 17.9 Å². The average molecular weight is 409 g/mol. The lowest BCUT2D eigenvalue weighted by molar-refractivity contribution is -0.140. The first-order chi connectivity index (χ1) is 14.4. The minimum absolute atomic E-state index is 0.0627. The molecule has 0 saturated carbocycles. The predicted molar refractivity (Wildman–Crippen MR) is 114 cm³/mol. The quantitative estimate of drug-likeness (QED) is 0.410. The molecular weight excluding hydrogens is 382 g/mol. The van der Waals surface area contributed by atoms with Crippen LogP contribution in [0.15, 0.2) is 54.2 Å². The number of amides is 1. The maximum atomic E-state index is 12.9. The molecule has 0 radical (unpaired) electrons. The largest absolute Gasteiger partial charge is 0.507 e. The summed E-state index contributed by atoms with van der Waals surface area (Å²) < 4.78 is 5.43. The zero-order chi connectivity index (χ0) is 21.7. The molecule has 0 bridgehead atoms. The molecule has 1 saturated heterocycles. The fraction of sp³-hybridized carbons (Fsp3) is 0.348. The lowest BCUT2D eigenvalue weighted by atomic mass is 9.98. The van der Waals surface area contributed by atoms with E-state index in [1.807, 2.05) is 25.9 Å². The Morgan fingerprint density at radius 3 is 2.50 bits per heavy atom. The van der Waals surface area contributed by atoms with Crippen molar-refractivity contribution in [3.8, 4) is 5.75 Å². The number of likely N-dealkylation sites (tertiary alicyclic amines) is 1. The average Bonchev–Trinajstić information content (AvgIpc) is 2.99. The third kappa shape index (κ3) is 4.52. The van der Waals surface area contributed by atoms with Crippen molar-refractivity contribution in [1.29, 1.82) is 0 Å². The Labute approximate surface area is 176 Å². The number of carbonyl (C=O) groups excluding carboxylic acids is 2. The molecule has 7 nitrogen and oxygen atoms in total. The van der Waals surface area contributed by atoms with Gasteiger partial charge in [0.1, 0.15) is 17.6 Å². The molecule has 3 rings (SSSR count). The molecule has 1 N–H and O–H groups in total. The number of aromatic nitrogens is 1. The Balaban J connectivity index is 2.02. The van der Waals surface area contributed by atoms with Crippen LogP contribution >= 0.6 is 0 Å². The first-order valence-corrected chi connectivity index (χ1v) is 10.0. The van der Waals surface area contributed by atoms with Crippen LogP contribution in [0.25, 0.3) is 5.76 Å². The van der Waals surface area contributed by atoms with Crippen molar-refractivity contribution in [2.75, 3.05) is 33.8 Å². The van der Waals surface area contributed by atoms with Crippen molar-refractivity contribution in [1.82, 2.24) is 14.8 Å². The van der Waals surface area contributed by atoms with Crippen LogP contribution < -0.4 is 4.74 Å². The smallest absolute Gasteiger partial charge is 0.295 e. The van der Waals surface area contributed by atoms with Gasteiger partial charge in [-0.2, -0.15) is 0 Å². The molecule has 1 aromatic carbocycles. The third-order valence-electron chi connectivity index (χ3n) is 4.95. The standard InChI is InChI=1S/C23H27N3O4/c1-4-30-17-11-9-16(10-12-17)21(27)19-20(18-8-5-6-13-24-18)26(23(29)22(19)28)15-7-14-25(2)3/h5-6,8-13,20,27H,4,7,14-15H2,1-3H3/t20-/m1/s1. The molecule has 7 heteroatoms. The maximum Gasteiger partial charge on any atom is 0.295 e. The van der Waals surface area contributed by atoms with Crippen molar-refractivity contribution < 1.29 is 19.4 Å². The van der Waals surface area contributed by atoms with Crippen molar-refractivity contribution in [3.63, 3.8) is 0 Å². The molecule has 0 spiro atoms. The van der Waals surface area contributed by atoms with E-state index in [4.69, 9.17) is 4.74 Å².